The highest BCUT2D eigenvalue weighted by molar-refractivity contribution is 6.42. The van der Waals surface area contributed by atoms with Crippen molar-refractivity contribution in [2.75, 3.05) is 6.61 Å². The minimum Gasteiger partial charge on any atom is -0.491 e. The Bertz CT molecular complexity index is 1730. The number of Topliss-reactive ketones (excluding diaryl/α,β-unsaturated/α-hetero) is 1. The number of nitrogens with one attached hydrogen (secondary N) is 1. The molecule has 42 heavy (non-hydrogen) atoms. The molecular formula is C29H21Cl2F6N3O2. The first-order valence-corrected chi connectivity index (χ1v) is 13.2. The number of ether oxygens (including phenoxy) is 1. The molecule has 0 spiro atoms. The highest BCUT2D eigenvalue weighted by Crippen LogP contribution is 2.44. The number of aromatic nitrogens is 2. The fourth-order valence-corrected chi connectivity index (χ4v) is 5.19. The van der Waals surface area contributed by atoms with Gasteiger partial charge in [0.15, 0.2) is 5.78 Å². The van der Waals surface area contributed by atoms with Gasteiger partial charge in [-0.3, -0.25) is 10.2 Å². The first-order chi connectivity index (χ1) is 19.6. The number of hydrogen-bond acceptors (Lipinski definition) is 3. The molecule has 4 aromatic rings. The summed E-state index contributed by atoms with van der Waals surface area (Å²) in [5.41, 5.74) is -2.29. The van der Waals surface area contributed by atoms with E-state index in [1.165, 1.54) is 21.3 Å². The van der Waals surface area contributed by atoms with E-state index in [9.17, 15) is 31.1 Å². The van der Waals surface area contributed by atoms with Gasteiger partial charge in [0, 0.05) is 25.0 Å². The number of carbonyl (C=O) groups is 1. The van der Waals surface area contributed by atoms with E-state index in [0.29, 0.717) is 33.3 Å². The van der Waals surface area contributed by atoms with Crippen LogP contribution in [0, 0.1) is 11.3 Å². The molecule has 0 bridgehead atoms. The van der Waals surface area contributed by atoms with Crippen LogP contribution in [0.4, 0.5) is 26.3 Å². The average molecular weight is 628 g/mol. The number of aryl methyl sites for hydroxylation is 1. The summed E-state index contributed by atoms with van der Waals surface area (Å²) in [6.07, 6.45) is -6.70. The Labute approximate surface area is 245 Å². The molecule has 3 aromatic carbocycles. The lowest BCUT2D eigenvalue weighted by Crippen LogP contribution is -2.30. The van der Waals surface area contributed by atoms with Gasteiger partial charge in [-0.05, 0) is 65.6 Å². The van der Waals surface area contributed by atoms with Crippen LogP contribution in [-0.2, 0) is 32.4 Å². The third-order valence-electron chi connectivity index (χ3n) is 7.01. The second kappa shape index (κ2) is 10.9. The summed E-state index contributed by atoms with van der Waals surface area (Å²) >= 11 is 12.1. The predicted octanol–water partition coefficient (Wildman–Crippen LogP) is 7.80. The lowest BCUT2D eigenvalue weighted by Gasteiger charge is -2.27. The summed E-state index contributed by atoms with van der Waals surface area (Å²) in [7, 11) is 1.64. The van der Waals surface area contributed by atoms with Gasteiger partial charge in [0.1, 0.15) is 5.75 Å². The fourth-order valence-electron chi connectivity index (χ4n) is 4.87. The Kier molecular flexibility index (Phi) is 7.69. The Morgan fingerprint density at radius 1 is 0.881 bits per heavy atom. The van der Waals surface area contributed by atoms with Crippen molar-refractivity contribution in [1.82, 2.24) is 9.13 Å². The highest BCUT2D eigenvalue weighted by Gasteiger charge is 2.38. The number of ketones is 1. The van der Waals surface area contributed by atoms with Crippen molar-refractivity contribution >= 4 is 29.0 Å². The van der Waals surface area contributed by atoms with Crippen LogP contribution in [-0.4, -0.2) is 21.5 Å². The van der Waals surface area contributed by atoms with Crippen LogP contribution in [0.3, 0.4) is 0 Å². The van der Waals surface area contributed by atoms with Gasteiger partial charge in [-0.1, -0.05) is 29.3 Å². The summed E-state index contributed by atoms with van der Waals surface area (Å²) in [5, 5.41) is 8.84. The van der Waals surface area contributed by atoms with Crippen LogP contribution in [0.2, 0.25) is 10.0 Å². The first-order valence-electron chi connectivity index (χ1n) is 12.5. The van der Waals surface area contributed by atoms with Crippen LogP contribution < -0.4 is 10.4 Å². The zero-order valence-electron chi connectivity index (χ0n) is 21.7. The Balaban J connectivity index is 1.66. The number of imidazole rings is 1. The van der Waals surface area contributed by atoms with Crippen molar-refractivity contribution in [1.29, 1.82) is 5.41 Å². The van der Waals surface area contributed by atoms with Crippen LogP contribution in [0.25, 0.3) is 11.1 Å². The normalized spacial score (nSPS) is 15.5. The maximum Gasteiger partial charge on any atom is 0.416 e. The molecule has 13 heteroatoms. The van der Waals surface area contributed by atoms with Crippen LogP contribution in [0.1, 0.15) is 32.6 Å². The predicted molar refractivity (Wildman–Crippen MR) is 144 cm³/mol. The van der Waals surface area contributed by atoms with E-state index < -0.39 is 40.7 Å². The number of hydrogen-bond donors (Lipinski definition) is 1. The van der Waals surface area contributed by atoms with Crippen LogP contribution >= 0.6 is 23.2 Å². The van der Waals surface area contributed by atoms with Crippen molar-refractivity contribution in [3.63, 3.8) is 0 Å². The minimum absolute atomic E-state index is 0.0212. The molecule has 1 N–H and O–H groups in total. The molecule has 0 unspecified atom stereocenters. The van der Waals surface area contributed by atoms with E-state index in [0.717, 1.165) is 0 Å². The largest absolute Gasteiger partial charge is 0.491 e. The molecule has 220 valence electrons. The maximum atomic E-state index is 13.7. The van der Waals surface area contributed by atoms with Crippen molar-refractivity contribution < 1.29 is 35.9 Å². The van der Waals surface area contributed by atoms with Gasteiger partial charge in [-0.25, -0.2) is 0 Å². The summed E-state index contributed by atoms with van der Waals surface area (Å²) in [6.45, 7) is -0.135. The van der Waals surface area contributed by atoms with Gasteiger partial charge in [0.2, 0.25) is 5.62 Å². The number of benzene rings is 3. The Morgan fingerprint density at radius 2 is 1.52 bits per heavy atom. The first kappa shape index (κ1) is 29.8. The number of alkyl halides is 6. The maximum absolute atomic E-state index is 13.7. The molecule has 1 atom stereocenters. The third-order valence-corrected chi connectivity index (χ3v) is 7.75. The molecule has 5 rings (SSSR count). The molecule has 0 saturated carbocycles. The van der Waals surface area contributed by atoms with E-state index in [2.05, 4.69) is 0 Å². The summed E-state index contributed by atoms with van der Waals surface area (Å²) < 4.78 is 91.0. The third kappa shape index (κ3) is 5.94. The lowest BCUT2D eigenvalue weighted by atomic mass is 9.86. The summed E-state index contributed by atoms with van der Waals surface area (Å²) in [4.78, 5) is 13.7. The number of nitrogens with zero attached hydrogens (tertiary/aromatic N) is 2. The molecule has 2 heterocycles. The topological polar surface area (TPSA) is 60.0 Å². The zero-order chi connectivity index (χ0) is 30.6. The summed E-state index contributed by atoms with van der Waals surface area (Å²) in [6, 6.07) is 9.04. The van der Waals surface area contributed by atoms with Gasteiger partial charge < -0.3 is 13.9 Å². The monoisotopic (exact) mass is 627 g/mol. The van der Waals surface area contributed by atoms with Crippen molar-refractivity contribution in [2.24, 2.45) is 13.0 Å². The second-order valence-electron chi connectivity index (χ2n) is 10.00. The molecule has 1 aliphatic heterocycles. The van der Waals surface area contributed by atoms with Crippen molar-refractivity contribution in [3.05, 3.63) is 104 Å². The molecule has 1 aromatic heterocycles. The van der Waals surface area contributed by atoms with Gasteiger partial charge in [-0.15, -0.1) is 0 Å². The average Bonchev–Trinajstić information content (AvgIpc) is 3.23. The minimum atomic E-state index is -5.06. The van der Waals surface area contributed by atoms with Crippen molar-refractivity contribution in [2.45, 2.75) is 25.3 Å². The quantitative estimate of drug-likeness (QED) is 0.230. The standard InChI is InChI=1S/C29H21Cl2F6N3O2/c1-39-4-5-40(27(39)38)13-16-7-21(17-10-19(28(32,33)34)12-20(11-17)29(35,36)37)26-22(8-16)25(41)18(14-42-26)6-15-2-3-23(30)24(31)9-15/h2-5,7-12,18,38H,6,13-14H2,1H3/t18-/m0/s1. The Morgan fingerprint density at radius 3 is 2.10 bits per heavy atom. The number of rotatable bonds is 5. The zero-order valence-corrected chi connectivity index (χ0v) is 23.2. The lowest BCUT2D eigenvalue weighted by molar-refractivity contribution is -0.143. The molecule has 0 saturated heterocycles. The van der Waals surface area contributed by atoms with Gasteiger partial charge in [0.05, 0.1) is 45.8 Å². The van der Waals surface area contributed by atoms with E-state index in [1.54, 1.807) is 37.6 Å². The van der Waals surface area contributed by atoms with Crippen LogP contribution in [0.15, 0.2) is 60.9 Å². The number of fused-ring (bicyclic) bond motifs is 1. The van der Waals surface area contributed by atoms with E-state index >= 15 is 0 Å². The Hall–Kier alpha value is -3.70. The molecular weight excluding hydrogens is 607 g/mol. The second-order valence-corrected chi connectivity index (χ2v) is 10.8. The molecule has 5 nitrogen and oxygen atoms in total. The van der Waals surface area contributed by atoms with E-state index in [4.69, 9.17) is 33.3 Å². The number of halogens is 8. The molecule has 1 aliphatic rings. The molecule has 0 fully saturated rings. The smallest absolute Gasteiger partial charge is 0.416 e. The van der Waals surface area contributed by atoms with E-state index in [1.807, 2.05) is 0 Å². The SMILES string of the molecule is Cn1ccn(Cc2cc3c(c(-c4cc(C(F)(F)F)cc(C(F)(F)F)c4)c2)OC[C@H](Cc2ccc(Cl)c(Cl)c2)C3=O)c1=N. The van der Waals surface area contributed by atoms with Gasteiger partial charge >= 0.3 is 12.4 Å². The number of carbonyl (C=O) groups excluding carboxylic acids is 1. The molecule has 0 radical (unpaired) electrons. The molecule has 0 amide bonds. The van der Waals surface area contributed by atoms with Gasteiger partial charge in [0.25, 0.3) is 0 Å². The highest BCUT2D eigenvalue weighted by atomic mass is 35.5. The van der Waals surface area contributed by atoms with Crippen LogP contribution in [0.5, 0.6) is 5.75 Å². The van der Waals surface area contributed by atoms with Crippen molar-refractivity contribution in [3.8, 4) is 16.9 Å². The summed E-state index contributed by atoms with van der Waals surface area (Å²) in [5.74, 6) is -1.20. The fraction of sp³-hybridized carbons (Fsp3) is 0.241. The molecule has 0 aliphatic carbocycles. The van der Waals surface area contributed by atoms with E-state index in [-0.39, 0.29) is 48.1 Å². The van der Waals surface area contributed by atoms with Gasteiger partial charge in [-0.2, -0.15) is 26.3 Å².